The smallest absolute Gasteiger partial charge is 0.417 e. The molecule has 8 rings (SSSR count). The Morgan fingerprint density at radius 3 is 2.31 bits per heavy atom. The van der Waals surface area contributed by atoms with Crippen molar-refractivity contribution >= 4 is 63.5 Å². The number of halogens is 4. The van der Waals surface area contributed by atoms with Crippen molar-refractivity contribution in [2.45, 2.75) is 49.8 Å². The molecule has 318 valence electrons. The number of hydrogen-bond acceptors (Lipinski definition) is 12. The number of amides is 3. The summed E-state index contributed by atoms with van der Waals surface area (Å²) in [7, 11) is 0. The number of ether oxygens (including phenoxy) is 2. The van der Waals surface area contributed by atoms with E-state index < -0.39 is 46.0 Å². The molecule has 5 aromatic rings. The first kappa shape index (κ1) is 41.8. The van der Waals surface area contributed by atoms with Gasteiger partial charge in [0.05, 0.1) is 28.5 Å². The largest absolute Gasteiger partial charge is 0.492 e. The highest BCUT2D eigenvalue weighted by Crippen LogP contribution is 2.43. The molecule has 2 unspecified atom stereocenters. The monoisotopic (exact) mass is 859 g/mol. The summed E-state index contributed by atoms with van der Waals surface area (Å²) in [6.45, 7) is 8.34. The lowest BCUT2D eigenvalue weighted by Crippen LogP contribution is -2.48. The van der Waals surface area contributed by atoms with E-state index in [1.807, 2.05) is 30.3 Å². The van der Waals surface area contributed by atoms with Gasteiger partial charge in [-0.3, -0.25) is 34.4 Å². The average molecular weight is 860 g/mol. The van der Waals surface area contributed by atoms with E-state index in [0.29, 0.717) is 36.6 Å². The summed E-state index contributed by atoms with van der Waals surface area (Å²) < 4.78 is 74.1. The summed E-state index contributed by atoms with van der Waals surface area (Å²) in [6, 6.07) is 18.3. The summed E-state index contributed by atoms with van der Waals surface area (Å²) in [5.74, 6) is -1.72. The lowest BCUT2D eigenvalue weighted by atomic mass is 9.91. The molecule has 2 atom stereocenters. The van der Waals surface area contributed by atoms with E-state index in [-0.39, 0.29) is 42.0 Å². The topological polar surface area (TPSA) is 144 Å². The van der Waals surface area contributed by atoms with Crippen LogP contribution in [0.1, 0.15) is 49.4 Å². The molecule has 0 spiro atoms. The number of nitrogens with one attached hydrogen (secondary N) is 1. The van der Waals surface area contributed by atoms with E-state index in [0.717, 1.165) is 65.9 Å². The highest BCUT2D eigenvalue weighted by Gasteiger charge is 2.52. The summed E-state index contributed by atoms with van der Waals surface area (Å²) in [5.41, 5.74) is -2.85. The lowest BCUT2D eigenvalue weighted by Gasteiger charge is -2.34. The molecule has 61 heavy (non-hydrogen) atoms. The first-order chi connectivity index (χ1) is 29.1. The Labute approximate surface area is 353 Å². The van der Waals surface area contributed by atoms with Crippen molar-refractivity contribution in [1.29, 1.82) is 5.26 Å². The first-order valence-electron chi connectivity index (χ1n) is 19.7. The number of piperidine rings is 1. The SMILES string of the molecule is CC1(C)C(=O)N(c2ccc(C#N)c(C(F)(F)F)c2)C(S)N1c1ccc(OCCN2CCN(CCOc3ccc4c(ccc5onc(C6CCC(=O)NC6=O)c54)c3)CC2)c(F)c1. The number of anilines is 2. The number of imide groups is 1. The van der Waals surface area contributed by atoms with Crippen LogP contribution in [0, 0.1) is 17.1 Å². The molecular weight excluding hydrogens is 819 g/mol. The molecule has 0 aliphatic carbocycles. The fourth-order valence-electron chi connectivity index (χ4n) is 8.25. The van der Waals surface area contributed by atoms with Gasteiger partial charge < -0.3 is 18.9 Å². The van der Waals surface area contributed by atoms with Crippen molar-refractivity contribution in [3.8, 4) is 17.6 Å². The summed E-state index contributed by atoms with van der Waals surface area (Å²) >= 11 is 4.59. The van der Waals surface area contributed by atoms with Gasteiger partial charge in [-0.15, -0.1) is 12.6 Å². The second-order valence-corrected chi connectivity index (χ2v) is 16.1. The zero-order valence-electron chi connectivity index (χ0n) is 33.2. The quantitative estimate of drug-likeness (QED) is 0.0860. The van der Waals surface area contributed by atoms with Gasteiger partial charge >= 0.3 is 6.18 Å². The molecule has 1 N–H and O–H groups in total. The van der Waals surface area contributed by atoms with Gasteiger partial charge in [-0.25, -0.2) is 4.39 Å². The predicted molar refractivity (Wildman–Crippen MR) is 220 cm³/mol. The van der Waals surface area contributed by atoms with Crippen molar-refractivity contribution < 1.29 is 45.9 Å². The molecule has 13 nitrogen and oxygen atoms in total. The van der Waals surface area contributed by atoms with Gasteiger partial charge in [0.25, 0.3) is 5.91 Å². The van der Waals surface area contributed by atoms with Crippen LogP contribution < -0.4 is 24.6 Å². The minimum absolute atomic E-state index is 0.0200. The Morgan fingerprint density at radius 2 is 1.64 bits per heavy atom. The molecular formula is C43H41F4N7O6S. The van der Waals surface area contributed by atoms with Crippen LogP contribution in [0.4, 0.5) is 28.9 Å². The summed E-state index contributed by atoms with van der Waals surface area (Å²) in [4.78, 5) is 45.0. The molecule has 0 saturated carbocycles. The molecule has 0 bridgehead atoms. The highest BCUT2D eigenvalue weighted by molar-refractivity contribution is 7.81. The molecule has 3 aliphatic heterocycles. The molecule has 3 amide bonds. The number of nitriles is 1. The average Bonchev–Trinajstić information content (AvgIpc) is 3.73. The van der Waals surface area contributed by atoms with Crippen LogP contribution in [0.3, 0.4) is 0 Å². The van der Waals surface area contributed by atoms with Crippen LogP contribution in [0.2, 0.25) is 0 Å². The van der Waals surface area contributed by atoms with Crippen LogP contribution >= 0.6 is 12.6 Å². The normalized spacial score (nSPS) is 20.1. The number of piperazine rings is 1. The number of rotatable bonds is 11. The third-order valence-corrected chi connectivity index (χ3v) is 12.0. The van der Waals surface area contributed by atoms with Crippen molar-refractivity contribution in [3.05, 3.63) is 89.4 Å². The fraction of sp³-hybridized carbons (Fsp3) is 0.372. The number of fused-ring (bicyclic) bond motifs is 3. The van der Waals surface area contributed by atoms with Crippen molar-refractivity contribution in [1.82, 2.24) is 20.3 Å². The fourth-order valence-corrected chi connectivity index (χ4v) is 8.91. The number of carbonyl (C=O) groups excluding carboxylic acids is 3. The van der Waals surface area contributed by atoms with Crippen LogP contribution in [-0.2, 0) is 20.6 Å². The Hall–Kier alpha value is -5.90. The summed E-state index contributed by atoms with van der Waals surface area (Å²) in [6.07, 6.45) is -4.20. The summed E-state index contributed by atoms with van der Waals surface area (Å²) in [5, 5.41) is 18.3. The molecule has 4 aromatic carbocycles. The van der Waals surface area contributed by atoms with Crippen molar-refractivity contribution in [2.75, 3.05) is 62.3 Å². The number of aromatic nitrogens is 1. The first-order valence-corrected chi connectivity index (χ1v) is 20.2. The van der Waals surface area contributed by atoms with E-state index in [2.05, 4.69) is 32.9 Å². The Morgan fingerprint density at radius 1 is 0.934 bits per heavy atom. The number of benzene rings is 4. The second-order valence-electron chi connectivity index (χ2n) is 15.7. The third kappa shape index (κ3) is 8.17. The van der Waals surface area contributed by atoms with Crippen LogP contribution in [0.25, 0.3) is 21.7 Å². The van der Waals surface area contributed by atoms with E-state index in [1.54, 1.807) is 19.9 Å². The Balaban J connectivity index is 0.812. The van der Waals surface area contributed by atoms with E-state index in [9.17, 15) is 32.8 Å². The molecule has 3 saturated heterocycles. The van der Waals surface area contributed by atoms with Crippen molar-refractivity contribution in [3.63, 3.8) is 0 Å². The number of hydrogen-bond donors (Lipinski definition) is 2. The van der Waals surface area contributed by atoms with Gasteiger partial charge in [-0.1, -0.05) is 11.2 Å². The minimum atomic E-state index is -4.82. The van der Waals surface area contributed by atoms with Gasteiger partial charge in [0.2, 0.25) is 11.8 Å². The molecule has 3 aliphatic rings. The van der Waals surface area contributed by atoms with E-state index >= 15 is 4.39 Å². The minimum Gasteiger partial charge on any atom is -0.492 e. The molecule has 3 fully saturated rings. The van der Waals surface area contributed by atoms with Gasteiger partial charge in [0, 0.05) is 63.1 Å². The third-order valence-electron chi connectivity index (χ3n) is 11.5. The maximum absolute atomic E-state index is 15.5. The molecule has 18 heteroatoms. The lowest BCUT2D eigenvalue weighted by molar-refractivity contribution is -0.138. The molecule has 0 radical (unpaired) electrons. The van der Waals surface area contributed by atoms with Crippen LogP contribution in [0.5, 0.6) is 11.5 Å². The van der Waals surface area contributed by atoms with Gasteiger partial charge in [-0.2, -0.15) is 18.4 Å². The zero-order valence-corrected chi connectivity index (χ0v) is 34.1. The molecule has 4 heterocycles. The molecule has 1 aromatic heterocycles. The second kappa shape index (κ2) is 16.5. The van der Waals surface area contributed by atoms with Gasteiger partial charge in [-0.05, 0) is 85.6 Å². The van der Waals surface area contributed by atoms with Crippen LogP contribution in [-0.4, -0.2) is 96.2 Å². The number of nitrogens with zero attached hydrogens (tertiary/aromatic N) is 6. The highest BCUT2D eigenvalue weighted by atomic mass is 32.1. The number of thiol groups is 1. The predicted octanol–water partition coefficient (Wildman–Crippen LogP) is 6.45. The Bertz CT molecular complexity index is 2570. The van der Waals surface area contributed by atoms with E-state index in [1.165, 1.54) is 29.2 Å². The van der Waals surface area contributed by atoms with Gasteiger partial charge in [0.1, 0.15) is 30.2 Å². The maximum atomic E-state index is 15.5. The number of alkyl halides is 3. The van der Waals surface area contributed by atoms with Crippen molar-refractivity contribution in [2.24, 2.45) is 0 Å². The van der Waals surface area contributed by atoms with Crippen LogP contribution in [0.15, 0.2) is 71.3 Å². The van der Waals surface area contributed by atoms with E-state index in [4.69, 9.17) is 14.0 Å². The standard InChI is InChI=1S/C43H41F4N7O6S/c1-42(2)40(57)53(27-5-3-26(24-48)32(22-27)43(45,46)47)41(61)54(42)28-6-11-34(33(44)23-28)59-20-18-52-15-13-51(14-16-52)17-19-58-29-7-8-30-25(21-29)4-10-35-37(30)38(50-60-35)31-9-12-36(55)49-39(31)56/h3-8,10-11,21-23,31,41,61H,9,12-20H2,1-2H3,(H,49,55,56). The maximum Gasteiger partial charge on any atom is 0.417 e. The zero-order chi connectivity index (χ0) is 43.2. The number of carbonyl (C=O) groups is 3. The van der Waals surface area contributed by atoms with Gasteiger partial charge in [0.15, 0.2) is 22.6 Å². The Kier molecular flexibility index (Phi) is 11.3.